The summed E-state index contributed by atoms with van der Waals surface area (Å²) in [6.45, 7) is 4.75. The summed E-state index contributed by atoms with van der Waals surface area (Å²) in [4.78, 5) is 11.8. The van der Waals surface area contributed by atoms with E-state index in [1.54, 1.807) is 12.1 Å². The van der Waals surface area contributed by atoms with Gasteiger partial charge in [-0.3, -0.25) is 4.79 Å². The second-order valence-electron chi connectivity index (χ2n) is 5.52. The second-order valence-corrected chi connectivity index (χ2v) is 5.52. The molecule has 0 radical (unpaired) electrons. The van der Waals surface area contributed by atoms with E-state index in [0.29, 0.717) is 25.3 Å². The molecular formula is C16H25FN2O. The molecule has 0 aliphatic heterocycles. The van der Waals surface area contributed by atoms with Crippen molar-refractivity contribution < 1.29 is 9.18 Å². The fourth-order valence-electron chi connectivity index (χ4n) is 2.18. The van der Waals surface area contributed by atoms with Crippen LogP contribution in [0, 0.1) is 11.7 Å². The van der Waals surface area contributed by atoms with Crippen LogP contribution < -0.4 is 11.1 Å². The maximum Gasteiger partial charge on any atom is 0.220 e. The molecule has 0 fully saturated rings. The van der Waals surface area contributed by atoms with Crippen LogP contribution in [0.25, 0.3) is 0 Å². The number of carbonyl (C=O) groups is 1. The van der Waals surface area contributed by atoms with Crippen LogP contribution in [0.2, 0.25) is 0 Å². The summed E-state index contributed by atoms with van der Waals surface area (Å²) >= 11 is 0. The lowest BCUT2D eigenvalue weighted by Crippen LogP contribution is -2.34. The van der Waals surface area contributed by atoms with Crippen LogP contribution in [0.4, 0.5) is 4.39 Å². The number of carbonyl (C=O) groups excluding carboxylic acids is 1. The van der Waals surface area contributed by atoms with Crippen LogP contribution in [-0.2, 0) is 11.2 Å². The fraction of sp³-hybridized carbons (Fsp3) is 0.562. The molecule has 1 rings (SSSR count). The summed E-state index contributed by atoms with van der Waals surface area (Å²) in [5.74, 6) is 0.320. The van der Waals surface area contributed by atoms with Gasteiger partial charge in [-0.2, -0.15) is 0 Å². The van der Waals surface area contributed by atoms with Crippen LogP contribution in [0.15, 0.2) is 24.3 Å². The summed E-state index contributed by atoms with van der Waals surface area (Å²) < 4.78 is 12.8. The molecule has 112 valence electrons. The van der Waals surface area contributed by atoms with Gasteiger partial charge in [-0.05, 0) is 56.3 Å². The van der Waals surface area contributed by atoms with Crippen molar-refractivity contribution in [3.8, 4) is 0 Å². The minimum Gasteiger partial charge on any atom is -0.353 e. The first kappa shape index (κ1) is 16.6. The van der Waals surface area contributed by atoms with Gasteiger partial charge in [-0.25, -0.2) is 4.39 Å². The van der Waals surface area contributed by atoms with Gasteiger partial charge in [0, 0.05) is 12.5 Å². The molecule has 4 heteroatoms. The molecule has 1 aromatic carbocycles. The van der Waals surface area contributed by atoms with Gasteiger partial charge in [0.1, 0.15) is 5.82 Å². The Balaban J connectivity index is 2.29. The van der Waals surface area contributed by atoms with Gasteiger partial charge in [0.2, 0.25) is 5.91 Å². The van der Waals surface area contributed by atoms with Gasteiger partial charge in [-0.15, -0.1) is 0 Å². The Morgan fingerprint density at radius 1 is 1.25 bits per heavy atom. The zero-order chi connectivity index (χ0) is 15.0. The van der Waals surface area contributed by atoms with Gasteiger partial charge in [0.15, 0.2) is 0 Å². The average Bonchev–Trinajstić information content (AvgIpc) is 2.39. The predicted octanol–water partition coefficient (Wildman–Crippen LogP) is 2.64. The molecule has 0 heterocycles. The van der Waals surface area contributed by atoms with E-state index < -0.39 is 0 Å². The third-order valence-corrected chi connectivity index (χ3v) is 3.39. The number of amides is 1. The lowest BCUT2D eigenvalue weighted by atomic mass is 10.0. The number of nitrogens with one attached hydrogen (secondary N) is 1. The van der Waals surface area contributed by atoms with Gasteiger partial charge >= 0.3 is 0 Å². The molecule has 0 saturated heterocycles. The third kappa shape index (κ3) is 6.66. The number of hydrogen-bond acceptors (Lipinski definition) is 2. The van der Waals surface area contributed by atoms with Crippen molar-refractivity contribution in [2.24, 2.45) is 11.7 Å². The Morgan fingerprint density at radius 2 is 1.90 bits per heavy atom. The van der Waals surface area contributed by atoms with Crippen molar-refractivity contribution in [2.75, 3.05) is 6.54 Å². The molecular weight excluding hydrogens is 255 g/mol. The Morgan fingerprint density at radius 3 is 2.50 bits per heavy atom. The summed E-state index contributed by atoms with van der Waals surface area (Å²) in [5, 5.41) is 2.98. The molecule has 0 saturated carbocycles. The first-order chi connectivity index (χ1) is 9.51. The van der Waals surface area contributed by atoms with E-state index in [-0.39, 0.29) is 17.8 Å². The molecule has 20 heavy (non-hydrogen) atoms. The van der Waals surface area contributed by atoms with Crippen molar-refractivity contribution in [3.63, 3.8) is 0 Å². The lowest BCUT2D eigenvalue weighted by Gasteiger charge is -2.15. The molecule has 2 unspecified atom stereocenters. The molecule has 0 spiro atoms. The largest absolute Gasteiger partial charge is 0.353 e. The van der Waals surface area contributed by atoms with E-state index >= 15 is 0 Å². The topological polar surface area (TPSA) is 55.1 Å². The Hall–Kier alpha value is -1.42. The first-order valence-electron chi connectivity index (χ1n) is 7.25. The van der Waals surface area contributed by atoms with E-state index in [4.69, 9.17) is 5.73 Å². The lowest BCUT2D eigenvalue weighted by molar-refractivity contribution is -0.121. The number of rotatable bonds is 8. The zero-order valence-electron chi connectivity index (χ0n) is 12.4. The van der Waals surface area contributed by atoms with Gasteiger partial charge in [0.05, 0.1) is 0 Å². The summed E-state index contributed by atoms with van der Waals surface area (Å²) in [6.07, 6.45) is 3.07. The monoisotopic (exact) mass is 280 g/mol. The zero-order valence-corrected chi connectivity index (χ0v) is 12.4. The number of nitrogens with two attached hydrogens (primary N) is 1. The molecule has 2 atom stereocenters. The quantitative estimate of drug-likeness (QED) is 0.769. The molecule has 0 aromatic heterocycles. The third-order valence-electron chi connectivity index (χ3n) is 3.39. The highest BCUT2D eigenvalue weighted by atomic mass is 19.1. The summed E-state index contributed by atoms with van der Waals surface area (Å²) in [7, 11) is 0. The maximum atomic E-state index is 12.8. The fourth-order valence-corrected chi connectivity index (χ4v) is 2.18. The highest BCUT2D eigenvalue weighted by Gasteiger charge is 2.10. The maximum absolute atomic E-state index is 12.8. The SMILES string of the molecule is CC(CCN)CCC(=O)NC(C)Cc1ccc(F)cc1. The Bertz CT molecular complexity index is 405. The Kier molecular flexibility index (Phi) is 7.23. The molecule has 0 aliphatic rings. The number of benzene rings is 1. The van der Waals surface area contributed by atoms with E-state index in [9.17, 15) is 9.18 Å². The van der Waals surface area contributed by atoms with Crippen molar-refractivity contribution >= 4 is 5.91 Å². The van der Waals surface area contributed by atoms with Crippen molar-refractivity contribution in [2.45, 2.75) is 45.6 Å². The van der Waals surface area contributed by atoms with Crippen LogP contribution in [0.3, 0.4) is 0 Å². The molecule has 1 aromatic rings. The van der Waals surface area contributed by atoms with E-state index in [1.807, 2.05) is 6.92 Å². The highest BCUT2D eigenvalue weighted by Crippen LogP contribution is 2.10. The molecule has 0 bridgehead atoms. The van der Waals surface area contributed by atoms with Crippen LogP contribution >= 0.6 is 0 Å². The van der Waals surface area contributed by atoms with Crippen LogP contribution in [-0.4, -0.2) is 18.5 Å². The number of halogens is 1. The smallest absolute Gasteiger partial charge is 0.220 e. The van der Waals surface area contributed by atoms with Gasteiger partial charge in [-0.1, -0.05) is 19.1 Å². The predicted molar refractivity (Wildman–Crippen MR) is 79.8 cm³/mol. The van der Waals surface area contributed by atoms with Crippen molar-refractivity contribution in [3.05, 3.63) is 35.6 Å². The average molecular weight is 280 g/mol. The van der Waals surface area contributed by atoms with E-state index in [0.717, 1.165) is 18.4 Å². The van der Waals surface area contributed by atoms with Crippen molar-refractivity contribution in [1.29, 1.82) is 0 Å². The van der Waals surface area contributed by atoms with Gasteiger partial charge in [0.25, 0.3) is 0 Å². The standard InChI is InChI=1S/C16H25FN2O/c1-12(9-10-18)3-8-16(20)19-13(2)11-14-4-6-15(17)7-5-14/h4-7,12-13H,3,8-11,18H2,1-2H3,(H,19,20). The minimum atomic E-state index is -0.237. The molecule has 3 nitrogen and oxygen atoms in total. The summed E-state index contributed by atoms with van der Waals surface area (Å²) in [6, 6.07) is 6.44. The van der Waals surface area contributed by atoms with Crippen molar-refractivity contribution in [1.82, 2.24) is 5.32 Å². The van der Waals surface area contributed by atoms with Gasteiger partial charge < -0.3 is 11.1 Å². The first-order valence-corrected chi connectivity index (χ1v) is 7.25. The van der Waals surface area contributed by atoms with E-state index in [1.165, 1.54) is 12.1 Å². The molecule has 3 N–H and O–H groups in total. The second kappa shape index (κ2) is 8.69. The molecule has 0 aliphatic carbocycles. The summed E-state index contributed by atoms with van der Waals surface area (Å²) in [5.41, 5.74) is 6.51. The Labute approximate surface area is 120 Å². The van der Waals surface area contributed by atoms with Crippen LogP contribution in [0.5, 0.6) is 0 Å². The normalized spacial score (nSPS) is 13.8. The molecule has 1 amide bonds. The highest BCUT2D eigenvalue weighted by molar-refractivity contribution is 5.76. The van der Waals surface area contributed by atoms with Crippen LogP contribution in [0.1, 0.15) is 38.7 Å². The minimum absolute atomic E-state index is 0.0535. The number of hydrogen-bond donors (Lipinski definition) is 2. The van der Waals surface area contributed by atoms with E-state index in [2.05, 4.69) is 12.2 Å².